The number of hydrogen-bond donors (Lipinski definition) is 0. The number of nitrogens with zero attached hydrogens (tertiary/aromatic N) is 5. The van der Waals surface area contributed by atoms with E-state index >= 15 is 0 Å². The molecule has 1 atom stereocenters. The van der Waals surface area contributed by atoms with Crippen LogP contribution in [0.1, 0.15) is 12.8 Å². The van der Waals surface area contributed by atoms with Gasteiger partial charge in [0.25, 0.3) is 0 Å². The Hall–Kier alpha value is -2.68. The van der Waals surface area contributed by atoms with Crippen LogP contribution in [0.3, 0.4) is 0 Å². The minimum Gasteiger partial charge on any atom is -0.377 e. The highest BCUT2D eigenvalue weighted by Gasteiger charge is 2.25. The van der Waals surface area contributed by atoms with Crippen molar-refractivity contribution in [3.63, 3.8) is 0 Å². The molecule has 3 aromatic rings. The van der Waals surface area contributed by atoms with Gasteiger partial charge in [0.1, 0.15) is 0 Å². The van der Waals surface area contributed by atoms with E-state index in [4.69, 9.17) is 4.74 Å². The zero-order valence-electron chi connectivity index (χ0n) is 18.7. The fourth-order valence-corrected chi connectivity index (χ4v) is 5.28. The summed E-state index contributed by atoms with van der Waals surface area (Å²) < 4.78 is 7.79. The second-order valence-corrected chi connectivity index (χ2v) is 9.39. The number of piperazine rings is 1. The van der Waals surface area contributed by atoms with E-state index in [1.807, 2.05) is 70.1 Å². The molecule has 33 heavy (non-hydrogen) atoms. The normalized spacial score (nSPS) is 19.2. The van der Waals surface area contributed by atoms with Gasteiger partial charge in [0.15, 0.2) is 11.0 Å². The van der Waals surface area contributed by atoms with Crippen LogP contribution in [0.4, 0.5) is 0 Å². The lowest BCUT2D eigenvalue weighted by Gasteiger charge is -2.35. The van der Waals surface area contributed by atoms with Crippen LogP contribution in [0, 0.1) is 0 Å². The quantitative estimate of drug-likeness (QED) is 0.501. The smallest absolute Gasteiger partial charge is 0.233 e. The first kappa shape index (κ1) is 22.1. The second-order valence-electron chi connectivity index (χ2n) is 8.45. The fraction of sp³-hybridized carbons (Fsp3) is 0.400. The molecule has 0 aliphatic carbocycles. The first-order valence-corrected chi connectivity index (χ1v) is 12.6. The molecule has 2 aliphatic heterocycles. The summed E-state index contributed by atoms with van der Waals surface area (Å²) in [7, 11) is 0. The highest BCUT2D eigenvalue weighted by atomic mass is 32.2. The van der Waals surface area contributed by atoms with Gasteiger partial charge in [-0.25, -0.2) is 0 Å². The zero-order valence-corrected chi connectivity index (χ0v) is 19.5. The highest BCUT2D eigenvalue weighted by Crippen LogP contribution is 2.28. The monoisotopic (exact) mass is 463 g/mol. The number of aromatic nitrogens is 3. The van der Waals surface area contributed by atoms with Gasteiger partial charge in [-0.2, -0.15) is 0 Å². The van der Waals surface area contributed by atoms with Gasteiger partial charge in [-0.3, -0.25) is 14.3 Å². The average molecular weight is 464 g/mol. The predicted octanol–water partition coefficient (Wildman–Crippen LogP) is 3.35. The highest BCUT2D eigenvalue weighted by molar-refractivity contribution is 7.99. The van der Waals surface area contributed by atoms with Gasteiger partial charge >= 0.3 is 0 Å². The van der Waals surface area contributed by atoms with Crippen LogP contribution in [-0.4, -0.2) is 81.7 Å². The molecule has 0 spiro atoms. The predicted molar refractivity (Wildman–Crippen MR) is 130 cm³/mol. The minimum atomic E-state index is 0.153. The number of benzene rings is 2. The SMILES string of the molecule is O=C(CSc1nnc(-c2ccccc2)n1-c1ccccc1)N1CCN(CC2CCCO2)CC1. The number of carbonyl (C=O) groups is 1. The second kappa shape index (κ2) is 10.5. The fourth-order valence-electron chi connectivity index (χ4n) is 4.42. The maximum atomic E-state index is 13.0. The van der Waals surface area contributed by atoms with Crippen LogP contribution in [0.25, 0.3) is 17.1 Å². The third-order valence-corrected chi connectivity index (χ3v) is 7.13. The van der Waals surface area contributed by atoms with Crippen LogP contribution in [0.5, 0.6) is 0 Å². The lowest BCUT2D eigenvalue weighted by molar-refractivity contribution is -0.130. The van der Waals surface area contributed by atoms with E-state index in [2.05, 4.69) is 15.1 Å². The summed E-state index contributed by atoms with van der Waals surface area (Å²) in [5.41, 5.74) is 1.98. The van der Waals surface area contributed by atoms with Crippen molar-refractivity contribution in [2.45, 2.75) is 24.1 Å². The van der Waals surface area contributed by atoms with E-state index in [-0.39, 0.29) is 5.91 Å². The van der Waals surface area contributed by atoms with Crippen molar-refractivity contribution in [2.24, 2.45) is 0 Å². The zero-order chi connectivity index (χ0) is 22.5. The molecule has 5 rings (SSSR count). The van der Waals surface area contributed by atoms with Crippen molar-refractivity contribution in [2.75, 3.05) is 45.1 Å². The topological polar surface area (TPSA) is 63.5 Å². The van der Waals surface area contributed by atoms with Gasteiger partial charge < -0.3 is 9.64 Å². The number of amides is 1. The summed E-state index contributed by atoms with van der Waals surface area (Å²) in [5, 5.41) is 9.63. The van der Waals surface area contributed by atoms with Crippen LogP contribution >= 0.6 is 11.8 Å². The van der Waals surface area contributed by atoms with Crippen molar-refractivity contribution in [1.82, 2.24) is 24.6 Å². The van der Waals surface area contributed by atoms with E-state index < -0.39 is 0 Å². The van der Waals surface area contributed by atoms with E-state index in [9.17, 15) is 4.79 Å². The van der Waals surface area contributed by atoms with Crippen LogP contribution in [-0.2, 0) is 9.53 Å². The van der Waals surface area contributed by atoms with Gasteiger partial charge in [-0.15, -0.1) is 10.2 Å². The molecule has 0 saturated carbocycles. The molecule has 0 bridgehead atoms. The van der Waals surface area contributed by atoms with E-state index in [0.29, 0.717) is 11.9 Å². The molecule has 7 nitrogen and oxygen atoms in total. The van der Waals surface area contributed by atoms with Crippen molar-refractivity contribution >= 4 is 17.7 Å². The maximum absolute atomic E-state index is 13.0. The molecule has 3 heterocycles. The number of rotatable bonds is 7. The van der Waals surface area contributed by atoms with Gasteiger partial charge in [0.05, 0.1) is 11.9 Å². The summed E-state index contributed by atoms with van der Waals surface area (Å²) in [6.07, 6.45) is 2.69. The first-order valence-electron chi connectivity index (χ1n) is 11.6. The minimum absolute atomic E-state index is 0.153. The first-order chi connectivity index (χ1) is 16.3. The Morgan fingerprint density at radius 2 is 1.70 bits per heavy atom. The number of thioether (sulfide) groups is 1. The molecule has 2 saturated heterocycles. The lowest BCUT2D eigenvalue weighted by atomic mass is 10.2. The number of carbonyl (C=O) groups excluding carboxylic acids is 1. The summed E-state index contributed by atoms with van der Waals surface area (Å²) >= 11 is 1.45. The molecular formula is C25H29N5O2S. The Balaban J connectivity index is 1.23. The Bertz CT molecular complexity index is 1050. The van der Waals surface area contributed by atoms with Crippen LogP contribution in [0.15, 0.2) is 65.8 Å². The van der Waals surface area contributed by atoms with Gasteiger partial charge in [-0.05, 0) is 25.0 Å². The Morgan fingerprint density at radius 1 is 0.970 bits per heavy atom. The van der Waals surface area contributed by atoms with Crippen molar-refractivity contribution < 1.29 is 9.53 Å². The maximum Gasteiger partial charge on any atom is 0.233 e. The van der Waals surface area contributed by atoms with E-state index in [1.165, 1.54) is 18.2 Å². The standard InChI is InChI=1S/C25H29N5O2S/c31-23(29-15-13-28(14-16-29)18-22-12-7-17-32-22)19-33-25-27-26-24(20-8-3-1-4-9-20)30(25)21-10-5-2-6-11-21/h1-6,8-11,22H,7,12-19H2. The average Bonchev–Trinajstić information content (AvgIpc) is 3.54. The summed E-state index contributed by atoms with van der Waals surface area (Å²) in [6.45, 7) is 5.24. The molecule has 2 aliphatic rings. The van der Waals surface area contributed by atoms with E-state index in [1.54, 1.807) is 0 Å². The molecule has 1 amide bonds. The number of hydrogen-bond acceptors (Lipinski definition) is 6. The van der Waals surface area contributed by atoms with Gasteiger partial charge in [0.2, 0.25) is 5.91 Å². The molecule has 2 fully saturated rings. The molecular weight excluding hydrogens is 434 g/mol. The molecule has 8 heteroatoms. The molecule has 2 aromatic carbocycles. The molecule has 172 valence electrons. The third kappa shape index (κ3) is 5.29. The number of ether oxygens (including phenoxy) is 1. The van der Waals surface area contributed by atoms with Crippen molar-refractivity contribution in [3.8, 4) is 17.1 Å². The van der Waals surface area contributed by atoms with Gasteiger partial charge in [-0.1, -0.05) is 60.3 Å². The largest absolute Gasteiger partial charge is 0.377 e. The Kier molecular flexibility index (Phi) is 7.04. The summed E-state index contributed by atoms with van der Waals surface area (Å²) in [5.74, 6) is 1.28. The molecule has 0 N–H and O–H groups in total. The molecule has 1 aromatic heterocycles. The summed E-state index contributed by atoms with van der Waals surface area (Å²) in [4.78, 5) is 17.3. The van der Waals surface area contributed by atoms with Crippen molar-refractivity contribution in [3.05, 3.63) is 60.7 Å². The summed E-state index contributed by atoms with van der Waals surface area (Å²) in [6, 6.07) is 20.1. The Morgan fingerprint density at radius 3 is 2.39 bits per heavy atom. The Labute approximate surface area is 198 Å². The lowest BCUT2D eigenvalue weighted by Crippen LogP contribution is -2.50. The van der Waals surface area contributed by atoms with Crippen LogP contribution in [0.2, 0.25) is 0 Å². The van der Waals surface area contributed by atoms with E-state index in [0.717, 1.165) is 68.0 Å². The van der Waals surface area contributed by atoms with Crippen LogP contribution < -0.4 is 0 Å². The number of para-hydroxylation sites is 1. The van der Waals surface area contributed by atoms with Crippen molar-refractivity contribution in [1.29, 1.82) is 0 Å². The molecule has 1 unspecified atom stereocenters. The molecule has 0 radical (unpaired) electrons. The third-order valence-electron chi connectivity index (χ3n) is 6.22. The van der Waals surface area contributed by atoms with Gasteiger partial charge in [0, 0.05) is 50.6 Å².